The van der Waals surface area contributed by atoms with Gasteiger partial charge in [-0.1, -0.05) is 19.1 Å². The van der Waals surface area contributed by atoms with E-state index in [0.717, 1.165) is 37.4 Å². The Labute approximate surface area is 124 Å². The van der Waals surface area contributed by atoms with Crippen LogP contribution >= 0.6 is 0 Å². The fraction of sp³-hybridized carbons (Fsp3) is 0.562. The number of nitrogens with zero attached hydrogens (tertiary/aromatic N) is 2. The maximum absolute atomic E-state index is 11.4. The van der Waals surface area contributed by atoms with Crippen molar-refractivity contribution in [2.75, 3.05) is 19.3 Å². The lowest BCUT2D eigenvalue weighted by molar-refractivity contribution is 0.116. The van der Waals surface area contributed by atoms with Crippen LogP contribution in [0, 0.1) is 16.7 Å². The molecule has 108 valence electrons. The van der Waals surface area contributed by atoms with E-state index in [1.165, 1.54) is 5.56 Å². The summed E-state index contributed by atoms with van der Waals surface area (Å²) in [7, 11) is -0.901. The third kappa shape index (κ3) is 3.91. The van der Waals surface area contributed by atoms with Crippen LogP contribution < -0.4 is 0 Å². The van der Waals surface area contributed by atoms with E-state index in [9.17, 15) is 4.21 Å². The van der Waals surface area contributed by atoms with E-state index < -0.39 is 10.8 Å². The minimum absolute atomic E-state index is 0.203. The Morgan fingerprint density at radius 1 is 1.30 bits per heavy atom. The summed E-state index contributed by atoms with van der Waals surface area (Å²) in [5.41, 5.74) is 1.47. The summed E-state index contributed by atoms with van der Waals surface area (Å²) < 4.78 is 11.4. The van der Waals surface area contributed by atoms with Gasteiger partial charge in [-0.05, 0) is 49.0 Å². The van der Waals surface area contributed by atoms with Crippen molar-refractivity contribution in [3.63, 3.8) is 0 Å². The van der Waals surface area contributed by atoms with Gasteiger partial charge >= 0.3 is 0 Å². The van der Waals surface area contributed by atoms with Gasteiger partial charge in [-0.3, -0.25) is 9.11 Å². The molecule has 0 aromatic heterocycles. The van der Waals surface area contributed by atoms with Gasteiger partial charge in [0.15, 0.2) is 0 Å². The van der Waals surface area contributed by atoms with Crippen LogP contribution in [0.3, 0.4) is 0 Å². The van der Waals surface area contributed by atoms with E-state index in [2.05, 4.69) is 30.0 Å². The lowest BCUT2D eigenvalue weighted by Crippen LogP contribution is -2.38. The molecule has 1 unspecified atom stereocenters. The maximum atomic E-state index is 11.4. The van der Waals surface area contributed by atoms with Gasteiger partial charge in [-0.25, -0.2) is 0 Å². The van der Waals surface area contributed by atoms with E-state index in [0.29, 0.717) is 6.42 Å². The van der Waals surface area contributed by atoms with E-state index in [1.807, 2.05) is 12.1 Å². The lowest BCUT2D eigenvalue weighted by atomic mass is 9.78. The number of hydrogen-bond donors (Lipinski definition) is 0. The van der Waals surface area contributed by atoms with Gasteiger partial charge < -0.3 is 0 Å². The summed E-state index contributed by atoms with van der Waals surface area (Å²) >= 11 is 0. The molecule has 3 nitrogen and oxygen atoms in total. The third-order valence-corrected chi connectivity index (χ3v) is 5.17. The average molecular weight is 290 g/mol. The number of benzene rings is 1. The standard InChI is InChI=1S/C16H22N2OS/c1-16(7-10-17)8-11-18(12-9-16)13-14-3-5-15(6-4-14)20(2)19/h3-6H,7-9,11-13H2,1-2H3. The molecule has 0 saturated carbocycles. The first-order valence-corrected chi connectivity index (χ1v) is 8.60. The predicted octanol–water partition coefficient (Wildman–Crippen LogP) is 2.94. The zero-order valence-corrected chi connectivity index (χ0v) is 13.1. The zero-order chi connectivity index (χ0) is 14.6. The van der Waals surface area contributed by atoms with E-state index in [4.69, 9.17) is 5.26 Å². The van der Waals surface area contributed by atoms with Crippen molar-refractivity contribution in [2.24, 2.45) is 5.41 Å². The fourth-order valence-corrected chi connectivity index (χ4v) is 3.18. The quantitative estimate of drug-likeness (QED) is 0.856. The molecule has 0 radical (unpaired) electrons. The molecule has 20 heavy (non-hydrogen) atoms. The Morgan fingerprint density at radius 3 is 2.40 bits per heavy atom. The molecule has 0 N–H and O–H groups in total. The van der Waals surface area contributed by atoms with Gasteiger partial charge in [-0.15, -0.1) is 0 Å². The normalized spacial score (nSPS) is 20.2. The Bertz CT molecular complexity index is 510. The highest BCUT2D eigenvalue weighted by atomic mass is 32.2. The van der Waals surface area contributed by atoms with Crippen molar-refractivity contribution in [1.82, 2.24) is 4.90 Å². The molecule has 4 heteroatoms. The second-order valence-corrected chi connectivity index (χ2v) is 7.40. The van der Waals surface area contributed by atoms with Crippen LogP contribution in [-0.2, 0) is 17.3 Å². The minimum Gasteiger partial charge on any atom is -0.299 e. The van der Waals surface area contributed by atoms with Crippen molar-refractivity contribution in [1.29, 1.82) is 5.26 Å². The van der Waals surface area contributed by atoms with Crippen LogP contribution in [0.25, 0.3) is 0 Å². The zero-order valence-electron chi connectivity index (χ0n) is 12.3. The molecule has 1 atom stereocenters. The average Bonchev–Trinajstić information content (AvgIpc) is 2.42. The molecule has 1 aliphatic heterocycles. The molecule has 0 bridgehead atoms. The summed E-state index contributed by atoms with van der Waals surface area (Å²) in [5.74, 6) is 0. The summed E-state index contributed by atoms with van der Waals surface area (Å²) in [6.07, 6.45) is 4.56. The number of nitriles is 1. The molecule has 0 amide bonds. The summed E-state index contributed by atoms with van der Waals surface area (Å²) in [4.78, 5) is 3.32. The van der Waals surface area contributed by atoms with Gasteiger partial charge in [0.2, 0.25) is 0 Å². The molecule has 1 aromatic rings. The fourth-order valence-electron chi connectivity index (χ4n) is 2.66. The monoisotopic (exact) mass is 290 g/mol. The first-order valence-electron chi connectivity index (χ1n) is 7.04. The van der Waals surface area contributed by atoms with Crippen LogP contribution in [0.15, 0.2) is 29.2 Å². The van der Waals surface area contributed by atoms with Crippen molar-refractivity contribution >= 4 is 10.8 Å². The second kappa shape index (κ2) is 6.51. The van der Waals surface area contributed by atoms with Crippen molar-refractivity contribution in [3.05, 3.63) is 29.8 Å². The largest absolute Gasteiger partial charge is 0.299 e. The van der Waals surface area contributed by atoms with Gasteiger partial charge in [0.05, 0.1) is 6.07 Å². The van der Waals surface area contributed by atoms with Gasteiger partial charge in [0.1, 0.15) is 0 Å². The van der Waals surface area contributed by atoms with Crippen LogP contribution in [0.1, 0.15) is 31.7 Å². The summed E-state index contributed by atoms with van der Waals surface area (Å²) in [5, 5.41) is 8.87. The molecule has 1 aromatic carbocycles. The first kappa shape index (κ1) is 15.2. The Balaban J connectivity index is 1.89. The van der Waals surface area contributed by atoms with Crippen molar-refractivity contribution in [3.8, 4) is 6.07 Å². The van der Waals surface area contributed by atoms with E-state index in [1.54, 1.807) is 6.26 Å². The highest BCUT2D eigenvalue weighted by molar-refractivity contribution is 7.84. The molecular weight excluding hydrogens is 268 g/mol. The highest BCUT2D eigenvalue weighted by Crippen LogP contribution is 2.34. The van der Waals surface area contributed by atoms with Gasteiger partial charge in [-0.2, -0.15) is 5.26 Å². The number of likely N-dealkylation sites (tertiary alicyclic amines) is 1. The molecule has 0 aliphatic carbocycles. The molecule has 1 fully saturated rings. The van der Waals surface area contributed by atoms with E-state index in [-0.39, 0.29) is 5.41 Å². The van der Waals surface area contributed by atoms with Crippen LogP contribution in [0.2, 0.25) is 0 Å². The molecule has 1 aliphatic rings. The van der Waals surface area contributed by atoms with Crippen LogP contribution in [0.4, 0.5) is 0 Å². The van der Waals surface area contributed by atoms with Crippen molar-refractivity contribution < 1.29 is 4.21 Å². The molecule has 1 heterocycles. The van der Waals surface area contributed by atoms with Gasteiger partial charge in [0.25, 0.3) is 0 Å². The van der Waals surface area contributed by atoms with Crippen LogP contribution in [-0.4, -0.2) is 28.5 Å². The number of rotatable bonds is 4. The highest BCUT2D eigenvalue weighted by Gasteiger charge is 2.29. The Morgan fingerprint density at radius 2 is 1.90 bits per heavy atom. The minimum atomic E-state index is -0.901. The molecule has 0 spiro atoms. The first-order chi connectivity index (χ1) is 9.52. The SMILES string of the molecule is CS(=O)c1ccc(CN2CCC(C)(CC#N)CC2)cc1. The number of hydrogen-bond acceptors (Lipinski definition) is 3. The van der Waals surface area contributed by atoms with Crippen molar-refractivity contribution in [2.45, 2.75) is 37.6 Å². The topological polar surface area (TPSA) is 44.1 Å². The maximum Gasteiger partial charge on any atom is 0.0627 e. The summed E-state index contributed by atoms with van der Waals surface area (Å²) in [6.45, 7) is 5.28. The van der Waals surface area contributed by atoms with Gasteiger partial charge in [0, 0.05) is 34.9 Å². The Kier molecular flexibility index (Phi) is 4.95. The summed E-state index contributed by atoms with van der Waals surface area (Å²) in [6, 6.07) is 10.4. The second-order valence-electron chi connectivity index (χ2n) is 6.02. The molecule has 1 saturated heterocycles. The Hall–Kier alpha value is -1.18. The van der Waals surface area contributed by atoms with Crippen LogP contribution in [0.5, 0.6) is 0 Å². The predicted molar refractivity (Wildman–Crippen MR) is 81.6 cm³/mol. The third-order valence-electron chi connectivity index (χ3n) is 4.23. The smallest absolute Gasteiger partial charge is 0.0627 e. The lowest BCUT2D eigenvalue weighted by Gasteiger charge is -2.38. The molecule has 2 rings (SSSR count). The van der Waals surface area contributed by atoms with E-state index >= 15 is 0 Å². The molecular formula is C16H22N2OS. The number of piperidine rings is 1.